The fourth-order valence-corrected chi connectivity index (χ4v) is 2.70. The molecule has 1 atom stereocenters. The summed E-state index contributed by atoms with van der Waals surface area (Å²) >= 11 is 0. The van der Waals surface area contributed by atoms with Gasteiger partial charge in [0.05, 0.1) is 13.7 Å². The minimum absolute atomic E-state index is 0. The zero-order valence-corrected chi connectivity index (χ0v) is 20.5. The molecular weight excluding hydrogens is 467 g/mol. The predicted octanol–water partition coefficient (Wildman–Crippen LogP) is 3.76. The maximum Gasteiger partial charge on any atom is 0.191 e. The van der Waals surface area contributed by atoms with Gasteiger partial charge >= 0.3 is 0 Å². The van der Waals surface area contributed by atoms with E-state index < -0.39 is 0 Å². The Balaban J connectivity index is 0.00000729. The summed E-state index contributed by atoms with van der Waals surface area (Å²) in [5, 5.41) is 6.69. The minimum atomic E-state index is 0. The summed E-state index contributed by atoms with van der Waals surface area (Å²) in [4.78, 5) is 6.52. The molecule has 0 aromatic heterocycles. The van der Waals surface area contributed by atoms with Crippen LogP contribution >= 0.6 is 24.0 Å². The standard InChI is InChI=1S/C21H38N4O2.HI/c1-18(27-20-13-11-12-19(16-20)26-5)17-24-21(22-2)23-14-9-7-6-8-10-15-25(3)4;/h11-13,16,18H,6-10,14-15,17H2,1-5H3,(H2,22,23,24);1H. The van der Waals surface area contributed by atoms with E-state index in [-0.39, 0.29) is 30.1 Å². The fourth-order valence-electron chi connectivity index (χ4n) is 2.70. The lowest BCUT2D eigenvalue weighted by molar-refractivity contribution is 0.223. The van der Waals surface area contributed by atoms with Crippen molar-refractivity contribution in [2.24, 2.45) is 4.99 Å². The van der Waals surface area contributed by atoms with E-state index in [0.717, 1.165) is 24.0 Å². The van der Waals surface area contributed by atoms with Crippen molar-refractivity contribution in [2.45, 2.75) is 45.1 Å². The number of aliphatic imine (C=N–C) groups is 1. The Bertz CT molecular complexity index is 541. The molecule has 0 spiro atoms. The van der Waals surface area contributed by atoms with Crippen molar-refractivity contribution in [3.05, 3.63) is 24.3 Å². The molecule has 6 nitrogen and oxygen atoms in total. The molecule has 1 unspecified atom stereocenters. The summed E-state index contributed by atoms with van der Waals surface area (Å²) < 4.78 is 11.1. The first kappa shape index (κ1) is 26.8. The average molecular weight is 506 g/mol. The van der Waals surface area contributed by atoms with E-state index in [0.29, 0.717) is 6.54 Å². The lowest BCUT2D eigenvalue weighted by Crippen LogP contribution is -2.42. The maximum atomic E-state index is 5.92. The van der Waals surface area contributed by atoms with Crippen LogP contribution in [0.4, 0.5) is 0 Å². The molecule has 0 aliphatic heterocycles. The van der Waals surface area contributed by atoms with E-state index in [2.05, 4.69) is 34.6 Å². The summed E-state index contributed by atoms with van der Waals surface area (Å²) in [6.07, 6.45) is 6.34. The monoisotopic (exact) mass is 506 g/mol. The van der Waals surface area contributed by atoms with E-state index in [1.54, 1.807) is 14.2 Å². The van der Waals surface area contributed by atoms with Crippen LogP contribution in [0.5, 0.6) is 11.5 Å². The number of halogens is 1. The van der Waals surface area contributed by atoms with Gasteiger partial charge in [0.25, 0.3) is 0 Å². The Morgan fingerprint density at radius 3 is 2.43 bits per heavy atom. The molecular formula is C21H39IN4O2. The molecule has 0 saturated heterocycles. The zero-order chi connectivity index (χ0) is 19.9. The van der Waals surface area contributed by atoms with Crippen molar-refractivity contribution >= 4 is 29.9 Å². The van der Waals surface area contributed by atoms with Gasteiger partial charge in [-0.25, -0.2) is 0 Å². The number of unbranched alkanes of at least 4 members (excludes halogenated alkanes) is 4. The van der Waals surface area contributed by atoms with Crippen LogP contribution in [-0.4, -0.2) is 64.9 Å². The molecule has 162 valence electrons. The highest BCUT2D eigenvalue weighted by Crippen LogP contribution is 2.19. The molecule has 1 aromatic carbocycles. The first-order valence-corrected chi connectivity index (χ1v) is 9.95. The van der Waals surface area contributed by atoms with Crippen LogP contribution in [0.3, 0.4) is 0 Å². The van der Waals surface area contributed by atoms with Crippen LogP contribution in [0.15, 0.2) is 29.3 Å². The van der Waals surface area contributed by atoms with Crippen molar-refractivity contribution in [3.63, 3.8) is 0 Å². The Hall–Kier alpha value is -1.22. The zero-order valence-electron chi connectivity index (χ0n) is 18.2. The predicted molar refractivity (Wildman–Crippen MR) is 130 cm³/mol. The van der Waals surface area contributed by atoms with E-state index in [1.807, 2.05) is 31.2 Å². The molecule has 2 N–H and O–H groups in total. The Kier molecular flexibility index (Phi) is 16.0. The van der Waals surface area contributed by atoms with Crippen LogP contribution in [0.25, 0.3) is 0 Å². The second kappa shape index (κ2) is 16.7. The highest BCUT2D eigenvalue weighted by molar-refractivity contribution is 14.0. The molecule has 0 heterocycles. The Labute approximate surface area is 188 Å². The lowest BCUT2D eigenvalue weighted by Gasteiger charge is -2.18. The number of nitrogens with zero attached hydrogens (tertiary/aromatic N) is 2. The summed E-state index contributed by atoms with van der Waals surface area (Å²) in [6, 6.07) is 7.66. The normalized spacial score (nSPS) is 12.3. The molecule has 0 radical (unpaired) electrons. The Morgan fingerprint density at radius 2 is 1.75 bits per heavy atom. The van der Waals surface area contributed by atoms with Gasteiger partial charge in [-0.2, -0.15) is 0 Å². The lowest BCUT2D eigenvalue weighted by atomic mass is 10.1. The summed E-state index contributed by atoms with van der Waals surface area (Å²) in [7, 11) is 7.71. The van der Waals surface area contributed by atoms with Gasteiger partial charge in [-0.3, -0.25) is 4.99 Å². The molecule has 1 aromatic rings. The number of guanidine groups is 1. The molecule has 7 heteroatoms. The Morgan fingerprint density at radius 1 is 1.07 bits per heavy atom. The van der Waals surface area contributed by atoms with Crippen molar-refractivity contribution < 1.29 is 9.47 Å². The SMILES string of the molecule is CN=C(NCCCCCCCN(C)C)NCC(C)Oc1cccc(OC)c1.I. The second-order valence-corrected chi connectivity index (χ2v) is 7.06. The van der Waals surface area contributed by atoms with E-state index in [4.69, 9.17) is 9.47 Å². The molecule has 0 amide bonds. The van der Waals surface area contributed by atoms with Crippen molar-refractivity contribution in [3.8, 4) is 11.5 Å². The first-order valence-electron chi connectivity index (χ1n) is 9.95. The number of benzene rings is 1. The van der Waals surface area contributed by atoms with Gasteiger partial charge in [0.1, 0.15) is 17.6 Å². The topological polar surface area (TPSA) is 58.1 Å². The summed E-state index contributed by atoms with van der Waals surface area (Å²) in [5.74, 6) is 2.43. The van der Waals surface area contributed by atoms with Crippen LogP contribution in [0.1, 0.15) is 39.0 Å². The third-order valence-corrected chi connectivity index (χ3v) is 4.23. The third-order valence-electron chi connectivity index (χ3n) is 4.23. The van der Waals surface area contributed by atoms with Crippen LogP contribution in [0, 0.1) is 0 Å². The smallest absolute Gasteiger partial charge is 0.191 e. The van der Waals surface area contributed by atoms with Gasteiger partial charge in [-0.05, 0) is 52.5 Å². The molecule has 1 rings (SSSR count). The fraction of sp³-hybridized carbons (Fsp3) is 0.667. The highest BCUT2D eigenvalue weighted by atomic mass is 127. The number of hydrogen-bond donors (Lipinski definition) is 2. The second-order valence-electron chi connectivity index (χ2n) is 7.06. The highest BCUT2D eigenvalue weighted by Gasteiger charge is 2.06. The quantitative estimate of drug-likeness (QED) is 0.185. The van der Waals surface area contributed by atoms with Gasteiger partial charge in [-0.1, -0.05) is 25.3 Å². The number of methoxy groups -OCH3 is 1. The van der Waals surface area contributed by atoms with Crippen LogP contribution in [0.2, 0.25) is 0 Å². The van der Waals surface area contributed by atoms with E-state index in [1.165, 1.54) is 38.6 Å². The number of rotatable bonds is 13. The molecule has 28 heavy (non-hydrogen) atoms. The number of hydrogen-bond acceptors (Lipinski definition) is 4. The molecule has 0 aliphatic rings. The maximum absolute atomic E-state index is 5.92. The average Bonchev–Trinajstić information content (AvgIpc) is 2.66. The first-order chi connectivity index (χ1) is 13.0. The minimum Gasteiger partial charge on any atom is -0.497 e. The van der Waals surface area contributed by atoms with Crippen molar-refractivity contribution in [2.75, 3.05) is 47.9 Å². The van der Waals surface area contributed by atoms with Gasteiger partial charge < -0.3 is 25.0 Å². The molecule has 0 saturated carbocycles. The molecule has 0 bridgehead atoms. The van der Waals surface area contributed by atoms with Gasteiger partial charge in [0.15, 0.2) is 5.96 Å². The van der Waals surface area contributed by atoms with Crippen molar-refractivity contribution in [1.29, 1.82) is 0 Å². The van der Waals surface area contributed by atoms with Crippen molar-refractivity contribution in [1.82, 2.24) is 15.5 Å². The van der Waals surface area contributed by atoms with Gasteiger partial charge in [0, 0.05) is 19.7 Å². The van der Waals surface area contributed by atoms with E-state index >= 15 is 0 Å². The summed E-state index contributed by atoms with van der Waals surface area (Å²) in [6.45, 7) is 4.85. The third kappa shape index (κ3) is 13.0. The number of nitrogens with one attached hydrogen (secondary N) is 2. The van der Waals surface area contributed by atoms with Gasteiger partial charge in [-0.15, -0.1) is 24.0 Å². The molecule has 0 aliphatic carbocycles. The van der Waals surface area contributed by atoms with Gasteiger partial charge in [0.2, 0.25) is 0 Å². The molecule has 0 fully saturated rings. The van der Waals surface area contributed by atoms with Crippen LogP contribution in [-0.2, 0) is 0 Å². The van der Waals surface area contributed by atoms with E-state index in [9.17, 15) is 0 Å². The number of ether oxygens (including phenoxy) is 2. The summed E-state index contributed by atoms with van der Waals surface area (Å²) in [5.41, 5.74) is 0. The largest absolute Gasteiger partial charge is 0.497 e. The van der Waals surface area contributed by atoms with Crippen LogP contribution < -0.4 is 20.1 Å².